The maximum Gasteiger partial charge on any atom is 0.266 e. The van der Waals surface area contributed by atoms with Gasteiger partial charge < -0.3 is 5.32 Å². The van der Waals surface area contributed by atoms with Gasteiger partial charge in [-0.15, -0.1) is 0 Å². The first-order chi connectivity index (χ1) is 13.3. The predicted octanol–water partition coefficient (Wildman–Crippen LogP) is 5.19. The maximum atomic E-state index is 12.7. The van der Waals surface area contributed by atoms with Crippen LogP contribution in [0.4, 0.5) is 5.69 Å². The summed E-state index contributed by atoms with van der Waals surface area (Å²) in [6.45, 7) is 4.25. The molecule has 1 heterocycles. The zero-order chi connectivity index (χ0) is 20.3. The van der Waals surface area contributed by atoms with E-state index in [9.17, 15) is 9.59 Å². The standard InChI is InChI=1S/C21H19ClN2O2S2/c1-13-7-8-16(11-14(13)2)23-19(25)9-10-24-20(26)18(28-21(24)27)12-15-5-3-4-6-17(15)22/h3-8,11-12H,9-10H2,1-2H3,(H,23,25). The SMILES string of the molecule is Cc1ccc(NC(=O)CCN2C(=O)C(=Cc3ccccc3Cl)SC2=S)cc1C. The van der Waals surface area contributed by atoms with E-state index >= 15 is 0 Å². The highest BCUT2D eigenvalue weighted by atomic mass is 35.5. The Morgan fingerprint density at radius 3 is 2.68 bits per heavy atom. The monoisotopic (exact) mass is 430 g/mol. The van der Waals surface area contributed by atoms with Crippen LogP contribution in [0, 0.1) is 13.8 Å². The van der Waals surface area contributed by atoms with Crippen LogP contribution in [0.3, 0.4) is 0 Å². The Bertz CT molecular complexity index is 988. The van der Waals surface area contributed by atoms with Crippen LogP contribution in [-0.4, -0.2) is 27.6 Å². The molecular formula is C21H19ClN2O2S2. The summed E-state index contributed by atoms with van der Waals surface area (Å²) in [6, 6.07) is 13.1. The predicted molar refractivity (Wildman–Crippen MR) is 120 cm³/mol. The number of aryl methyl sites for hydroxylation is 2. The summed E-state index contributed by atoms with van der Waals surface area (Å²) in [5.41, 5.74) is 3.79. The van der Waals surface area contributed by atoms with E-state index in [1.165, 1.54) is 22.2 Å². The number of benzene rings is 2. The van der Waals surface area contributed by atoms with Crippen molar-refractivity contribution in [3.63, 3.8) is 0 Å². The molecule has 4 nitrogen and oxygen atoms in total. The van der Waals surface area contributed by atoms with Crippen LogP contribution in [0.2, 0.25) is 5.02 Å². The minimum absolute atomic E-state index is 0.160. The van der Waals surface area contributed by atoms with Gasteiger partial charge in [-0.25, -0.2) is 0 Å². The summed E-state index contributed by atoms with van der Waals surface area (Å²) in [5, 5.41) is 3.43. The van der Waals surface area contributed by atoms with Gasteiger partial charge in [0.25, 0.3) is 5.91 Å². The summed E-state index contributed by atoms with van der Waals surface area (Å²) in [4.78, 5) is 26.9. The van der Waals surface area contributed by atoms with Crippen molar-refractivity contribution < 1.29 is 9.59 Å². The van der Waals surface area contributed by atoms with E-state index in [2.05, 4.69) is 5.32 Å². The van der Waals surface area contributed by atoms with Crippen molar-refractivity contribution in [2.75, 3.05) is 11.9 Å². The lowest BCUT2D eigenvalue weighted by molar-refractivity contribution is -0.122. The molecule has 7 heteroatoms. The number of hydrogen-bond donors (Lipinski definition) is 1. The first-order valence-corrected chi connectivity index (χ1v) is 10.3. The second kappa shape index (κ2) is 8.90. The maximum absolute atomic E-state index is 12.7. The van der Waals surface area contributed by atoms with Gasteiger partial charge in [-0.2, -0.15) is 0 Å². The average molecular weight is 431 g/mol. The lowest BCUT2D eigenvalue weighted by atomic mass is 10.1. The number of carbonyl (C=O) groups excluding carboxylic acids is 2. The minimum Gasteiger partial charge on any atom is -0.326 e. The van der Waals surface area contributed by atoms with Gasteiger partial charge in [-0.1, -0.05) is 59.8 Å². The van der Waals surface area contributed by atoms with Gasteiger partial charge in [0.2, 0.25) is 5.91 Å². The van der Waals surface area contributed by atoms with E-state index in [1.807, 2.05) is 50.2 Å². The molecule has 0 saturated carbocycles. The number of nitrogens with one attached hydrogen (secondary N) is 1. The van der Waals surface area contributed by atoms with Gasteiger partial charge in [-0.3, -0.25) is 14.5 Å². The molecule has 2 amide bonds. The average Bonchev–Trinajstić information content (AvgIpc) is 2.91. The second-order valence-corrected chi connectivity index (χ2v) is 8.54. The fourth-order valence-corrected chi connectivity index (χ4v) is 4.17. The molecular weight excluding hydrogens is 412 g/mol. The molecule has 1 aliphatic rings. The van der Waals surface area contributed by atoms with E-state index in [-0.39, 0.29) is 24.8 Å². The minimum atomic E-state index is -0.200. The van der Waals surface area contributed by atoms with E-state index < -0.39 is 0 Å². The van der Waals surface area contributed by atoms with Gasteiger partial charge in [0.05, 0.1) is 4.91 Å². The molecule has 2 aromatic carbocycles. The van der Waals surface area contributed by atoms with Crippen LogP contribution in [0.1, 0.15) is 23.1 Å². The highest BCUT2D eigenvalue weighted by Gasteiger charge is 2.32. The van der Waals surface area contributed by atoms with Crippen LogP contribution >= 0.6 is 35.6 Å². The number of anilines is 1. The lowest BCUT2D eigenvalue weighted by Crippen LogP contribution is -2.31. The Labute approximate surface area is 178 Å². The molecule has 0 atom stereocenters. The third-order valence-corrected chi connectivity index (χ3v) is 6.14. The molecule has 3 rings (SSSR count). The Morgan fingerprint density at radius 1 is 1.21 bits per heavy atom. The first-order valence-electron chi connectivity index (χ1n) is 8.72. The smallest absolute Gasteiger partial charge is 0.266 e. The highest BCUT2D eigenvalue weighted by Crippen LogP contribution is 2.33. The Kier molecular flexibility index (Phi) is 6.54. The molecule has 2 aromatic rings. The summed E-state index contributed by atoms with van der Waals surface area (Å²) < 4.78 is 0.447. The molecule has 1 aliphatic heterocycles. The Morgan fingerprint density at radius 2 is 1.96 bits per heavy atom. The van der Waals surface area contributed by atoms with Gasteiger partial charge in [0.1, 0.15) is 4.32 Å². The number of hydrogen-bond acceptors (Lipinski definition) is 4. The van der Waals surface area contributed by atoms with Crippen molar-refractivity contribution >= 4 is 63.5 Å². The van der Waals surface area contributed by atoms with Crippen LogP contribution in [0.5, 0.6) is 0 Å². The molecule has 0 unspecified atom stereocenters. The van der Waals surface area contributed by atoms with Crippen molar-refractivity contribution in [1.29, 1.82) is 0 Å². The zero-order valence-corrected chi connectivity index (χ0v) is 17.9. The number of nitrogens with zero attached hydrogens (tertiary/aromatic N) is 1. The third kappa shape index (κ3) is 4.82. The van der Waals surface area contributed by atoms with Crippen molar-refractivity contribution in [2.45, 2.75) is 20.3 Å². The quantitative estimate of drug-likeness (QED) is 0.524. The van der Waals surface area contributed by atoms with Gasteiger partial charge in [-0.05, 0) is 54.8 Å². The number of halogens is 1. The fraction of sp³-hybridized carbons (Fsp3) is 0.190. The largest absolute Gasteiger partial charge is 0.326 e. The van der Waals surface area contributed by atoms with E-state index in [0.717, 1.165) is 16.8 Å². The third-order valence-electron chi connectivity index (χ3n) is 4.42. The van der Waals surface area contributed by atoms with Crippen molar-refractivity contribution in [3.05, 3.63) is 69.1 Å². The highest BCUT2D eigenvalue weighted by molar-refractivity contribution is 8.26. The number of rotatable bonds is 5. The summed E-state index contributed by atoms with van der Waals surface area (Å²) in [5.74, 6) is -0.360. The number of amides is 2. The molecule has 144 valence electrons. The van der Waals surface area contributed by atoms with Gasteiger partial charge >= 0.3 is 0 Å². The Balaban J connectivity index is 1.62. The number of thioether (sulfide) groups is 1. The molecule has 0 aromatic heterocycles. The number of thiocarbonyl (C=S) groups is 1. The second-order valence-electron chi connectivity index (χ2n) is 6.45. The summed E-state index contributed by atoms with van der Waals surface area (Å²) in [7, 11) is 0. The molecule has 28 heavy (non-hydrogen) atoms. The normalized spacial score (nSPS) is 15.4. The zero-order valence-electron chi connectivity index (χ0n) is 15.5. The molecule has 0 radical (unpaired) electrons. The van der Waals surface area contributed by atoms with Gasteiger partial charge in [0.15, 0.2) is 0 Å². The summed E-state index contributed by atoms with van der Waals surface area (Å²) >= 11 is 12.7. The van der Waals surface area contributed by atoms with Crippen molar-refractivity contribution in [3.8, 4) is 0 Å². The lowest BCUT2D eigenvalue weighted by Gasteiger charge is -2.14. The van der Waals surface area contributed by atoms with Crippen molar-refractivity contribution in [2.24, 2.45) is 0 Å². The van der Waals surface area contributed by atoms with Gasteiger partial charge in [0, 0.05) is 23.7 Å². The van der Waals surface area contributed by atoms with Crippen LogP contribution in [-0.2, 0) is 9.59 Å². The summed E-state index contributed by atoms with van der Waals surface area (Å²) in [6.07, 6.45) is 1.90. The van der Waals surface area contributed by atoms with E-state index in [4.69, 9.17) is 23.8 Å². The van der Waals surface area contributed by atoms with Crippen LogP contribution in [0.15, 0.2) is 47.4 Å². The fourth-order valence-electron chi connectivity index (χ4n) is 2.68. The van der Waals surface area contributed by atoms with Crippen LogP contribution < -0.4 is 5.32 Å². The first kappa shape index (κ1) is 20.6. The number of carbonyl (C=O) groups is 2. The topological polar surface area (TPSA) is 49.4 Å². The van der Waals surface area contributed by atoms with Crippen molar-refractivity contribution in [1.82, 2.24) is 4.90 Å². The molecule has 0 bridgehead atoms. The molecule has 0 spiro atoms. The van der Waals surface area contributed by atoms with E-state index in [1.54, 1.807) is 12.1 Å². The molecule has 0 aliphatic carbocycles. The molecule has 1 saturated heterocycles. The molecule has 1 fully saturated rings. The van der Waals surface area contributed by atoms with E-state index in [0.29, 0.717) is 14.2 Å². The molecule has 1 N–H and O–H groups in total. The Hall–Kier alpha value is -2.15. The van der Waals surface area contributed by atoms with Crippen LogP contribution in [0.25, 0.3) is 6.08 Å².